The number of nitriles is 1. The minimum atomic E-state index is -4.70. The number of hydrogen-bond acceptors (Lipinski definition) is 17. The smallest absolute Gasteiger partial charge is 0.344 e. The average Bonchev–Trinajstić information content (AvgIpc) is 3.86. The van der Waals surface area contributed by atoms with Gasteiger partial charge in [0.25, 0.3) is 0 Å². The zero-order valence-corrected chi connectivity index (χ0v) is 43.6. The molecule has 0 bridgehead atoms. The number of cyclic esters (lactones) is 2. The average molecular weight is 998 g/mol. The van der Waals surface area contributed by atoms with Crippen LogP contribution in [-0.2, 0) is 72.8 Å². The normalized spacial score (nSPS) is 14.4. The summed E-state index contributed by atoms with van der Waals surface area (Å²) in [7, 11) is -2.02. The first-order chi connectivity index (χ1) is 31.3. The first-order valence-corrected chi connectivity index (χ1v) is 27.9. The maximum atomic E-state index is 13.0. The Morgan fingerprint density at radius 2 is 1.18 bits per heavy atom. The zero-order chi connectivity index (χ0) is 51.2. The maximum Gasteiger partial charge on any atom is 0.344 e. The summed E-state index contributed by atoms with van der Waals surface area (Å²) in [6.07, 6.45) is 3.86. The van der Waals surface area contributed by atoms with Crippen molar-refractivity contribution in [1.82, 2.24) is 0 Å². The summed E-state index contributed by atoms with van der Waals surface area (Å²) in [6, 6.07) is 2.67. The molecule has 0 aliphatic carbocycles. The first kappa shape index (κ1) is 58.1. The Labute approximate surface area is 393 Å². The molecule has 4 rings (SSSR count). The number of ether oxygens (including phenoxy) is 7. The van der Waals surface area contributed by atoms with Crippen LogP contribution in [0.4, 0.5) is 0 Å². The number of phenolic OH excluding ortho intramolecular Hbond substituents is 1. The van der Waals surface area contributed by atoms with E-state index in [4.69, 9.17) is 42.7 Å². The Hall–Kier alpha value is -4.99. The number of carbonyl (C=O) groups excluding carboxylic acids is 4. The number of rotatable bonds is 20. The molecule has 2 aliphatic heterocycles. The lowest BCUT2D eigenvalue weighted by molar-refractivity contribution is -0.141. The van der Waals surface area contributed by atoms with E-state index in [0.29, 0.717) is 58.1 Å². The summed E-state index contributed by atoms with van der Waals surface area (Å²) in [5, 5.41) is 17.9. The van der Waals surface area contributed by atoms with Gasteiger partial charge in [-0.1, -0.05) is 42.9 Å². The van der Waals surface area contributed by atoms with Crippen LogP contribution in [0.1, 0.15) is 87.7 Å². The number of esters is 4. The zero-order valence-electron chi connectivity index (χ0n) is 40.8. The minimum absolute atomic E-state index is 0.0577. The SMILES string of the molecule is CC#N.COC(=O)C(C/C(C)=C/Cc1c(O)c2c(c(C)c1OC)COC2=O)P(=O)(O)O.COC(=O)C(C/C(C)=C/Cc1c(OC)c(C)c2c(c1OCC[Si](C)(C)C)C(=O)OC2)P(=O)(OC)OC. The van der Waals surface area contributed by atoms with Crippen LogP contribution in [0.5, 0.6) is 23.0 Å². The maximum absolute atomic E-state index is 13.0. The molecule has 2 unspecified atom stereocenters. The van der Waals surface area contributed by atoms with Gasteiger partial charge in [0.2, 0.25) is 0 Å². The van der Waals surface area contributed by atoms with Gasteiger partial charge in [-0.05, 0) is 70.5 Å². The second-order valence-electron chi connectivity index (χ2n) is 16.7. The molecule has 19 nitrogen and oxygen atoms in total. The Bertz CT molecular complexity index is 2350. The van der Waals surface area contributed by atoms with Crippen molar-refractivity contribution in [2.45, 2.75) is 111 Å². The molecule has 2 heterocycles. The third-order valence-electron chi connectivity index (χ3n) is 11.0. The monoisotopic (exact) mass is 997 g/mol. The lowest BCUT2D eigenvalue weighted by Gasteiger charge is -2.23. The standard InChI is InChI=1S/C25H39O9PSi.C18H23O9P.C2H3N/c1-16(14-20(24(26)30-4)35(28,31-5)32-6)10-11-18-22(29-3)17(2)19-15-34-25(27)21(19)23(18)33-12-13-36(7,8)9;1-9(7-13(17(20)26-4)28(22,23)24)5-6-11-15(19)14-12(8-27-18(14)21)10(2)16(11)25-3;1-2-3/h10,20H,11-15H2,1-9H3;5,13,19H,6-8H2,1-4H3,(H2,22,23,24);1H3/b16-10+;9-5+;. The molecular formula is C45H65NO18P2Si. The Balaban J connectivity index is 0.000000446. The summed E-state index contributed by atoms with van der Waals surface area (Å²) in [5.74, 6) is -1.46. The Morgan fingerprint density at radius 1 is 0.761 bits per heavy atom. The first-order valence-electron chi connectivity index (χ1n) is 20.9. The van der Waals surface area contributed by atoms with Crippen LogP contribution < -0.4 is 14.2 Å². The van der Waals surface area contributed by atoms with E-state index in [2.05, 4.69) is 24.4 Å². The van der Waals surface area contributed by atoms with Crippen molar-refractivity contribution < 1.29 is 85.4 Å². The van der Waals surface area contributed by atoms with Crippen molar-refractivity contribution in [2.24, 2.45) is 0 Å². The number of hydrogen-bond donors (Lipinski definition) is 3. The molecule has 372 valence electrons. The van der Waals surface area contributed by atoms with Gasteiger partial charge in [0.1, 0.15) is 47.3 Å². The van der Waals surface area contributed by atoms with Crippen LogP contribution in [0.2, 0.25) is 25.7 Å². The van der Waals surface area contributed by atoms with Crippen LogP contribution in [0.25, 0.3) is 0 Å². The number of methoxy groups -OCH3 is 4. The topological polar surface area (TPSA) is 270 Å². The van der Waals surface area contributed by atoms with Crippen molar-refractivity contribution >= 4 is 47.1 Å². The van der Waals surface area contributed by atoms with E-state index in [-0.39, 0.29) is 43.8 Å². The Kier molecular flexibility index (Phi) is 22.0. The fourth-order valence-corrected chi connectivity index (χ4v) is 10.4. The number of allylic oxidation sites excluding steroid dienone is 4. The van der Waals surface area contributed by atoms with Gasteiger partial charge in [0, 0.05) is 51.5 Å². The number of nitrogens with zero attached hydrogens (tertiary/aromatic N) is 1. The van der Waals surface area contributed by atoms with Gasteiger partial charge in [0.05, 0.1) is 41.1 Å². The molecule has 3 N–H and O–H groups in total. The number of carbonyl (C=O) groups is 4. The van der Waals surface area contributed by atoms with Crippen molar-refractivity contribution in [3.63, 3.8) is 0 Å². The summed E-state index contributed by atoms with van der Waals surface area (Å²) < 4.78 is 71.7. The highest BCUT2D eigenvalue weighted by atomic mass is 31.2. The highest BCUT2D eigenvalue weighted by molar-refractivity contribution is 7.55. The second kappa shape index (κ2) is 25.4. The summed E-state index contributed by atoms with van der Waals surface area (Å²) in [5.41, 5.74) is 2.99. The van der Waals surface area contributed by atoms with Crippen molar-refractivity contribution in [3.8, 4) is 29.1 Å². The molecule has 0 aromatic heterocycles. The van der Waals surface area contributed by atoms with E-state index in [9.17, 15) is 43.2 Å². The van der Waals surface area contributed by atoms with Crippen LogP contribution in [0, 0.1) is 25.2 Å². The molecule has 2 aromatic carbocycles. The molecule has 0 saturated carbocycles. The van der Waals surface area contributed by atoms with Crippen molar-refractivity contribution in [3.05, 3.63) is 67.8 Å². The van der Waals surface area contributed by atoms with E-state index < -0.39 is 58.5 Å². The molecule has 0 saturated heterocycles. The van der Waals surface area contributed by atoms with Gasteiger partial charge in [-0.25, -0.2) is 9.59 Å². The minimum Gasteiger partial charge on any atom is -0.507 e. The largest absolute Gasteiger partial charge is 0.507 e. The predicted octanol–water partition coefficient (Wildman–Crippen LogP) is 7.81. The number of aromatic hydroxyl groups is 1. The third kappa shape index (κ3) is 14.7. The van der Waals surface area contributed by atoms with Gasteiger partial charge in [0.15, 0.2) is 11.3 Å². The lowest BCUT2D eigenvalue weighted by Crippen LogP contribution is -2.24. The summed E-state index contributed by atoms with van der Waals surface area (Å²) in [4.78, 5) is 67.4. The molecular weight excluding hydrogens is 933 g/mol. The summed E-state index contributed by atoms with van der Waals surface area (Å²) >= 11 is 0. The third-order valence-corrected chi connectivity index (χ3v) is 16.0. The number of benzene rings is 2. The van der Waals surface area contributed by atoms with Crippen molar-refractivity contribution in [1.29, 1.82) is 5.26 Å². The van der Waals surface area contributed by atoms with Crippen LogP contribution >= 0.6 is 15.2 Å². The molecule has 0 spiro atoms. The predicted molar refractivity (Wildman–Crippen MR) is 250 cm³/mol. The quantitative estimate of drug-likeness (QED) is 0.0375. The van der Waals surface area contributed by atoms with Crippen LogP contribution in [-0.4, -0.2) is 107 Å². The van der Waals surface area contributed by atoms with E-state index in [1.807, 2.05) is 19.9 Å². The fourth-order valence-electron chi connectivity index (χ4n) is 7.25. The highest BCUT2D eigenvalue weighted by Crippen LogP contribution is 2.54. The molecule has 67 heavy (non-hydrogen) atoms. The molecule has 2 atom stereocenters. The molecule has 0 amide bonds. The summed E-state index contributed by atoms with van der Waals surface area (Å²) in [6.45, 7) is 16.0. The van der Waals surface area contributed by atoms with E-state index in [1.165, 1.54) is 35.4 Å². The molecule has 0 fully saturated rings. The second-order valence-corrected chi connectivity index (χ2v) is 26.5. The van der Waals surface area contributed by atoms with Crippen LogP contribution in [0.3, 0.4) is 0 Å². The fraction of sp³-hybridized carbons (Fsp3) is 0.533. The number of fused-ring (bicyclic) bond motifs is 2. The van der Waals surface area contributed by atoms with Crippen LogP contribution in [0.15, 0.2) is 23.3 Å². The lowest BCUT2D eigenvalue weighted by atomic mass is 9.94. The molecule has 22 heteroatoms. The molecule has 2 aliphatic rings. The van der Waals surface area contributed by atoms with Gasteiger partial charge >= 0.3 is 39.1 Å². The number of phenols is 1. The van der Waals surface area contributed by atoms with Gasteiger partial charge in [-0.2, -0.15) is 5.26 Å². The van der Waals surface area contributed by atoms with E-state index >= 15 is 0 Å². The Morgan fingerprint density at radius 3 is 1.61 bits per heavy atom. The molecule has 2 aromatic rings. The molecule has 0 radical (unpaired) electrons. The van der Waals surface area contributed by atoms with E-state index in [1.54, 1.807) is 33.1 Å². The van der Waals surface area contributed by atoms with Gasteiger partial charge < -0.3 is 57.1 Å². The van der Waals surface area contributed by atoms with Gasteiger partial charge in [-0.3, -0.25) is 18.7 Å². The van der Waals surface area contributed by atoms with Gasteiger partial charge in [-0.15, -0.1) is 0 Å². The van der Waals surface area contributed by atoms with Crippen molar-refractivity contribution in [2.75, 3.05) is 49.3 Å². The highest BCUT2D eigenvalue weighted by Gasteiger charge is 2.41. The van der Waals surface area contributed by atoms with E-state index in [0.717, 1.165) is 35.4 Å².